The standard InChI is InChI=1S/C12H19N3O2/c1-15(10-4-2-3-5-10)7-11-6-9(8-17-11)12(16)14-13/h6,8,10H,2-5,7,13H2,1H3,(H,14,16). The zero-order chi connectivity index (χ0) is 12.3. The van der Waals surface area contributed by atoms with Crippen molar-refractivity contribution in [3.05, 3.63) is 23.7 Å². The Hall–Kier alpha value is -1.33. The molecule has 0 aromatic carbocycles. The van der Waals surface area contributed by atoms with Gasteiger partial charge in [-0.3, -0.25) is 15.1 Å². The quantitative estimate of drug-likeness (QED) is 0.470. The molecule has 1 fully saturated rings. The Balaban J connectivity index is 1.94. The molecule has 1 heterocycles. The van der Waals surface area contributed by atoms with Crippen LogP contribution in [-0.4, -0.2) is 23.9 Å². The lowest BCUT2D eigenvalue weighted by atomic mass is 10.2. The van der Waals surface area contributed by atoms with Crippen molar-refractivity contribution in [1.29, 1.82) is 0 Å². The number of carbonyl (C=O) groups excluding carboxylic acids is 1. The van der Waals surface area contributed by atoms with Gasteiger partial charge in [-0.15, -0.1) is 0 Å². The number of nitrogens with two attached hydrogens (primary N) is 1. The molecule has 0 radical (unpaired) electrons. The summed E-state index contributed by atoms with van der Waals surface area (Å²) in [4.78, 5) is 13.5. The molecule has 17 heavy (non-hydrogen) atoms. The molecule has 0 aliphatic heterocycles. The molecule has 3 N–H and O–H groups in total. The molecular weight excluding hydrogens is 218 g/mol. The SMILES string of the molecule is CN(Cc1cc(C(=O)NN)co1)C1CCCC1. The normalized spacial score (nSPS) is 16.6. The zero-order valence-corrected chi connectivity index (χ0v) is 10.1. The van der Waals surface area contributed by atoms with Crippen molar-refractivity contribution in [2.24, 2.45) is 5.84 Å². The summed E-state index contributed by atoms with van der Waals surface area (Å²) in [7, 11) is 2.10. The first-order valence-electron chi connectivity index (χ1n) is 5.99. The third-order valence-electron chi connectivity index (χ3n) is 3.40. The van der Waals surface area contributed by atoms with E-state index in [1.165, 1.54) is 31.9 Å². The van der Waals surface area contributed by atoms with Gasteiger partial charge in [0.2, 0.25) is 0 Å². The van der Waals surface area contributed by atoms with Crippen molar-refractivity contribution in [3.63, 3.8) is 0 Å². The van der Waals surface area contributed by atoms with Crippen LogP contribution in [0.4, 0.5) is 0 Å². The van der Waals surface area contributed by atoms with Gasteiger partial charge in [0.1, 0.15) is 12.0 Å². The van der Waals surface area contributed by atoms with Gasteiger partial charge < -0.3 is 4.42 Å². The van der Waals surface area contributed by atoms with Crippen molar-refractivity contribution in [2.75, 3.05) is 7.05 Å². The Kier molecular flexibility index (Phi) is 3.81. The molecule has 0 spiro atoms. The minimum Gasteiger partial charge on any atom is -0.467 e. The zero-order valence-electron chi connectivity index (χ0n) is 10.1. The monoisotopic (exact) mass is 237 g/mol. The van der Waals surface area contributed by atoms with E-state index in [2.05, 4.69) is 17.4 Å². The predicted octanol–water partition coefficient (Wildman–Crippen LogP) is 1.26. The first kappa shape index (κ1) is 12.1. The maximum absolute atomic E-state index is 11.3. The van der Waals surface area contributed by atoms with Crippen LogP contribution in [0.2, 0.25) is 0 Å². The van der Waals surface area contributed by atoms with Crippen LogP contribution in [0.5, 0.6) is 0 Å². The van der Waals surface area contributed by atoms with Gasteiger partial charge in [-0.2, -0.15) is 0 Å². The van der Waals surface area contributed by atoms with E-state index in [-0.39, 0.29) is 5.91 Å². The lowest BCUT2D eigenvalue weighted by Gasteiger charge is -2.22. The molecule has 1 aromatic heterocycles. The number of nitrogens with one attached hydrogen (secondary N) is 1. The number of hydrogen-bond donors (Lipinski definition) is 2. The van der Waals surface area contributed by atoms with Crippen LogP contribution in [0.1, 0.15) is 41.8 Å². The predicted molar refractivity (Wildman–Crippen MR) is 64.1 cm³/mol. The van der Waals surface area contributed by atoms with Crippen LogP contribution in [0.3, 0.4) is 0 Å². The fourth-order valence-corrected chi connectivity index (χ4v) is 2.39. The molecule has 5 nitrogen and oxygen atoms in total. The largest absolute Gasteiger partial charge is 0.467 e. The van der Waals surface area contributed by atoms with Crippen LogP contribution in [0.15, 0.2) is 16.7 Å². The average Bonchev–Trinajstić information content (AvgIpc) is 2.98. The number of hydrogen-bond acceptors (Lipinski definition) is 4. The van der Waals surface area contributed by atoms with Gasteiger partial charge in [0.05, 0.1) is 12.1 Å². The smallest absolute Gasteiger partial charge is 0.268 e. The van der Waals surface area contributed by atoms with Gasteiger partial charge in [-0.05, 0) is 26.0 Å². The Morgan fingerprint density at radius 2 is 2.29 bits per heavy atom. The van der Waals surface area contributed by atoms with Crippen LogP contribution >= 0.6 is 0 Å². The molecule has 94 valence electrons. The number of amides is 1. The summed E-state index contributed by atoms with van der Waals surface area (Å²) in [6.45, 7) is 0.739. The van der Waals surface area contributed by atoms with E-state index in [0.29, 0.717) is 11.6 Å². The molecule has 0 bridgehead atoms. The summed E-state index contributed by atoms with van der Waals surface area (Å²) < 4.78 is 5.36. The first-order valence-corrected chi connectivity index (χ1v) is 5.99. The molecule has 1 aliphatic rings. The second-order valence-corrected chi connectivity index (χ2v) is 4.63. The fraction of sp³-hybridized carbons (Fsp3) is 0.583. The number of nitrogen functional groups attached to an aromatic ring is 1. The number of carbonyl (C=O) groups is 1. The van der Waals surface area contributed by atoms with Crippen LogP contribution in [0.25, 0.3) is 0 Å². The number of nitrogens with zero attached hydrogens (tertiary/aromatic N) is 1. The van der Waals surface area contributed by atoms with Crippen LogP contribution in [-0.2, 0) is 6.54 Å². The van der Waals surface area contributed by atoms with E-state index < -0.39 is 0 Å². The average molecular weight is 237 g/mol. The molecule has 0 atom stereocenters. The lowest BCUT2D eigenvalue weighted by Crippen LogP contribution is -2.29. The second-order valence-electron chi connectivity index (χ2n) is 4.63. The third-order valence-corrected chi connectivity index (χ3v) is 3.40. The maximum Gasteiger partial charge on any atom is 0.268 e. The third kappa shape index (κ3) is 2.87. The summed E-state index contributed by atoms with van der Waals surface area (Å²) in [6.07, 6.45) is 6.59. The lowest BCUT2D eigenvalue weighted by molar-refractivity contribution is 0.0953. The Morgan fingerprint density at radius 3 is 2.94 bits per heavy atom. The number of hydrazine groups is 1. The first-order chi connectivity index (χ1) is 8.20. The minimum atomic E-state index is -0.316. The van der Waals surface area contributed by atoms with Crippen LogP contribution < -0.4 is 11.3 Å². The number of furan rings is 1. The Labute approximate surface area is 101 Å². The summed E-state index contributed by atoms with van der Waals surface area (Å²) >= 11 is 0. The topological polar surface area (TPSA) is 71.5 Å². The second kappa shape index (κ2) is 5.33. The van der Waals surface area contributed by atoms with E-state index in [0.717, 1.165) is 12.3 Å². The van der Waals surface area contributed by atoms with E-state index in [4.69, 9.17) is 10.3 Å². The molecule has 1 aromatic rings. The molecular formula is C12H19N3O2. The molecule has 0 unspecified atom stereocenters. The molecule has 5 heteroatoms. The van der Waals surface area contributed by atoms with Gasteiger partial charge in [0.15, 0.2) is 0 Å². The minimum absolute atomic E-state index is 0.316. The van der Waals surface area contributed by atoms with E-state index >= 15 is 0 Å². The van der Waals surface area contributed by atoms with E-state index in [1.54, 1.807) is 6.07 Å². The van der Waals surface area contributed by atoms with Gasteiger partial charge in [-0.25, -0.2) is 5.84 Å². The Morgan fingerprint density at radius 1 is 1.59 bits per heavy atom. The van der Waals surface area contributed by atoms with Crippen molar-refractivity contribution in [2.45, 2.75) is 38.3 Å². The molecule has 1 saturated carbocycles. The van der Waals surface area contributed by atoms with E-state index in [1.807, 2.05) is 0 Å². The van der Waals surface area contributed by atoms with Crippen molar-refractivity contribution < 1.29 is 9.21 Å². The van der Waals surface area contributed by atoms with Gasteiger partial charge >= 0.3 is 0 Å². The maximum atomic E-state index is 11.3. The highest BCUT2D eigenvalue weighted by atomic mass is 16.3. The van der Waals surface area contributed by atoms with Crippen LogP contribution in [0, 0.1) is 0 Å². The van der Waals surface area contributed by atoms with E-state index in [9.17, 15) is 4.79 Å². The van der Waals surface area contributed by atoms with Gasteiger partial charge in [0.25, 0.3) is 5.91 Å². The summed E-state index contributed by atoms with van der Waals surface area (Å²) in [5, 5.41) is 0. The fourth-order valence-electron chi connectivity index (χ4n) is 2.39. The molecule has 1 aliphatic carbocycles. The van der Waals surface area contributed by atoms with Gasteiger partial charge in [-0.1, -0.05) is 12.8 Å². The molecule has 0 saturated heterocycles. The summed E-state index contributed by atoms with van der Waals surface area (Å²) in [5.41, 5.74) is 2.56. The van der Waals surface area contributed by atoms with Gasteiger partial charge in [0, 0.05) is 6.04 Å². The highest BCUT2D eigenvalue weighted by molar-refractivity contribution is 5.93. The molecule has 1 amide bonds. The summed E-state index contributed by atoms with van der Waals surface area (Å²) in [6, 6.07) is 2.39. The number of rotatable bonds is 4. The van der Waals surface area contributed by atoms with Crippen molar-refractivity contribution in [1.82, 2.24) is 10.3 Å². The Bertz CT molecular complexity index is 383. The molecule has 2 rings (SSSR count). The highest BCUT2D eigenvalue weighted by Gasteiger charge is 2.20. The van der Waals surface area contributed by atoms with Crippen molar-refractivity contribution in [3.8, 4) is 0 Å². The van der Waals surface area contributed by atoms with Crippen molar-refractivity contribution >= 4 is 5.91 Å². The highest BCUT2D eigenvalue weighted by Crippen LogP contribution is 2.23. The summed E-state index contributed by atoms with van der Waals surface area (Å²) in [5.74, 6) is 5.55.